The molecular formula is C16H22N2O5S. The van der Waals surface area contributed by atoms with E-state index >= 15 is 0 Å². The highest BCUT2D eigenvalue weighted by Crippen LogP contribution is 2.32. The molecule has 0 atom stereocenters. The van der Waals surface area contributed by atoms with Gasteiger partial charge in [0, 0.05) is 13.0 Å². The van der Waals surface area contributed by atoms with Crippen LogP contribution in [0.25, 0.3) is 0 Å². The number of rotatable bonds is 8. The summed E-state index contributed by atoms with van der Waals surface area (Å²) in [6.07, 6.45) is 2.91. The van der Waals surface area contributed by atoms with Crippen LogP contribution in [-0.4, -0.2) is 37.5 Å². The van der Waals surface area contributed by atoms with Crippen LogP contribution >= 0.6 is 0 Å². The Morgan fingerprint density at radius 2 is 1.75 bits per heavy atom. The molecule has 8 heteroatoms. The lowest BCUT2D eigenvalue weighted by molar-refractivity contribution is -0.139. The van der Waals surface area contributed by atoms with E-state index in [1.807, 2.05) is 0 Å². The molecular weight excluding hydrogens is 332 g/mol. The zero-order valence-corrected chi connectivity index (χ0v) is 14.1. The third-order valence-electron chi connectivity index (χ3n) is 4.15. The lowest BCUT2D eigenvalue weighted by Gasteiger charge is -2.28. The van der Waals surface area contributed by atoms with Gasteiger partial charge in [0.05, 0.1) is 16.9 Å². The van der Waals surface area contributed by atoms with Gasteiger partial charge in [-0.05, 0) is 25.0 Å². The third-order valence-corrected chi connectivity index (χ3v) is 5.63. The van der Waals surface area contributed by atoms with Crippen LogP contribution in [0.15, 0.2) is 35.2 Å². The first kappa shape index (κ1) is 18.4. The van der Waals surface area contributed by atoms with Crippen molar-refractivity contribution in [1.82, 2.24) is 10.0 Å². The van der Waals surface area contributed by atoms with Gasteiger partial charge in [0.2, 0.25) is 15.9 Å². The maximum atomic E-state index is 12.1. The molecule has 24 heavy (non-hydrogen) atoms. The summed E-state index contributed by atoms with van der Waals surface area (Å²) >= 11 is 0. The number of aliphatic carboxylic acids is 1. The Morgan fingerprint density at radius 1 is 1.12 bits per heavy atom. The van der Waals surface area contributed by atoms with Crippen LogP contribution in [0.1, 0.15) is 38.5 Å². The van der Waals surface area contributed by atoms with E-state index in [9.17, 15) is 18.0 Å². The number of sulfonamides is 1. The van der Waals surface area contributed by atoms with E-state index in [-0.39, 0.29) is 30.2 Å². The zero-order valence-electron chi connectivity index (χ0n) is 13.3. The van der Waals surface area contributed by atoms with Crippen molar-refractivity contribution in [2.75, 3.05) is 6.54 Å². The van der Waals surface area contributed by atoms with Crippen molar-refractivity contribution in [2.45, 2.75) is 49.0 Å². The molecule has 0 spiro atoms. The highest BCUT2D eigenvalue weighted by atomic mass is 32.2. The highest BCUT2D eigenvalue weighted by Gasteiger charge is 2.37. The van der Waals surface area contributed by atoms with Crippen LogP contribution in [0.3, 0.4) is 0 Å². The minimum absolute atomic E-state index is 0.0343. The summed E-state index contributed by atoms with van der Waals surface area (Å²) in [6.45, 7) is -0.0355. The summed E-state index contributed by atoms with van der Waals surface area (Å²) < 4.78 is 26.5. The van der Waals surface area contributed by atoms with Gasteiger partial charge in [-0.2, -0.15) is 0 Å². The molecule has 2 rings (SSSR count). The fraction of sp³-hybridized carbons (Fsp3) is 0.500. The van der Waals surface area contributed by atoms with Crippen molar-refractivity contribution < 1.29 is 23.1 Å². The van der Waals surface area contributed by atoms with Gasteiger partial charge >= 0.3 is 5.97 Å². The molecule has 1 aliphatic carbocycles. The lowest BCUT2D eigenvalue weighted by atomic mass is 9.93. The molecule has 1 aromatic rings. The van der Waals surface area contributed by atoms with Gasteiger partial charge in [-0.3, -0.25) is 9.59 Å². The first-order valence-electron chi connectivity index (χ1n) is 7.91. The number of carbonyl (C=O) groups is 2. The molecule has 0 aliphatic heterocycles. The normalized spacial score (nSPS) is 16.7. The van der Waals surface area contributed by atoms with Crippen molar-refractivity contribution >= 4 is 21.9 Å². The van der Waals surface area contributed by atoms with Gasteiger partial charge < -0.3 is 10.4 Å². The van der Waals surface area contributed by atoms with E-state index in [1.165, 1.54) is 12.1 Å². The molecule has 0 aromatic heterocycles. The smallest absolute Gasteiger partial charge is 0.305 e. The molecule has 132 valence electrons. The third kappa shape index (κ3) is 5.04. The lowest BCUT2D eigenvalue weighted by Crippen LogP contribution is -2.48. The Labute approximate surface area is 141 Å². The monoisotopic (exact) mass is 354 g/mol. The number of amides is 1. The van der Waals surface area contributed by atoms with Crippen LogP contribution in [0.4, 0.5) is 0 Å². The van der Waals surface area contributed by atoms with Crippen LogP contribution < -0.4 is 10.0 Å². The minimum Gasteiger partial charge on any atom is -0.481 e. The first-order valence-corrected chi connectivity index (χ1v) is 9.39. The average molecular weight is 354 g/mol. The van der Waals surface area contributed by atoms with E-state index < -0.39 is 21.5 Å². The van der Waals surface area contributed by atoms with E-state index in [4.69, 9.17) is 5.11 Å². The zero-order chi connectivity index (χ0) is 17.6. The number of carbonyl (C=O) groups excluding carboxylic acids is 1. The van der Waals surface area contributed by atoms with E-state index in [0.29, 0.717) is 12.8 Å². The van der Waals surface area contributed by atoms with E-state index in [0.717, 1.165) is 12.8 Å². The van der Waals surface area contributed by atoms with Gasteiger partial charge in [0.15, 0.2) is 0 Å². The number of carboxylic acid groups (broad SMARTS) is 1. The van der Waals surface area contributed by atoms with Crippen LogP contribution in [0.5, 0.6) is 0 Å². The predicted molar refractivity (Wildman–Crippen MR) is 87.8 cm³/mol. The summed E-state index contributed by atoms with van der Waals surface area (Å²) in [5.74, 6) is -1.28. The Kier molecular flexibility index (Phi) is 5.95. The molecule has 0 heterocycles. The molecule has 0 radical (unpaired) electrons. The summed E-state index contributed by atoms with van der Waals surface area (Å²) in [5, 5.41) is 11.8. The molecule has 0 unspecified atom stereocenters. The first-order chi connectivity index (χ1) is 11.3. The maximum Gasteiger partial charge on any atom is 0.305 e. The van der Waals surface area contributed by atoms with Crippen molar-refractivity contribution in [3.63, 3.8) is 0 Å². The Morgan fingerprint density at radius 3 is 2.33 bits per heavy atom. The number of nitrogens with one attached hydrogen (secondary N) is 2. The quantitative estimate of drug-likeness (QED) is 0.650. The number of hydrogen-bond acceptors (Lipinski definition) is 4. The predicted octanol–water partition coefficient (Wildman–Crippen LogP) is 1.26. The highest BCUT2D eigenvalue weighted by molar-refractivity contribution is 7.89. The molecule has 0 saturated heterocycles. The van der Waals surface area contributed by atoms with Gasteiger partial charge in [0.1, 0.15) is 0 Å². The van der Waals surface area contributed by atoms with Gasteiger partial charge in [-0.15, -0.1) is 0 Å². The van der Waals surface area contributed by atoms with Crippen LogP contribution in [0.2, 0.25) is 0 Å². The van der Waals surface area contributed by atoms with Crippen molar-refractivity contribution in [3.05, 3.63) is 30.3 Å². The fourth-order valence-corrected chi connectivity index (χ4v) is 4.08. The number of hydrogen-bond donors (Lipinski definition) is 3. The summed E-state index contributed by atoms with van der Waals surface area (Å²) in [7, 11) is -3.64. The van der Waals surface area contributed by atoms with Gasteiger partial charge in [-0.25, -0.2) is 13.1 Å². The summed E-state index contributed by atoms with van der Waals surface area (Å²) in [4.78, 5) is 23.2. The average Bonchev–Trinajstić information content (AvgIpc) is 2.95. The molecule has 1 amide bonds. The standard InChI is InChI=1S/C16H22N2O5S/c19-14(18-16(12-15(20)21)9-4-5-10-16)8-11-17-24(22,23)13-6-2-1-3-7-13/h1-3,6-7,17H,4-5,8-12H2,(H,18,19)(H,20,21). The molecule has 1 aliphatic rings. The fourth-order valence-electron chi connectivity index (χ4n) is 3.03. The van der Waals surface area contributed by atoms with Gasteiger partial charge in [-0.1, -0.05) is 31.0 Å². The molecule has 3 N–H and O–H groups in total. The van der Waals surface area contributed by atoms with Gasteiger partial charge in [0.25, 0.3) is 0 Å². The Hall–Kier alpha value is -1.93. The second-order valence-electron chi connectivity index (χ2n) is 6.07. The molecule has 0 bridgehead atoms. The molecule has 1 fully saturated rings. The summed E-state index contributed by atoms with van der Waals surface area (Å²) in [6, 6.07) is 7.91. The Balaban J connectivity index is 1.86. The SMILES string of the molecule is O=C(O)CC1(NC(=O)CCNS(=O)(=O)c2ccccc2)CCCC1. The second-order valence-corrected chi connectivity index (χ2v) is 7.83. The van der Waals surface area contributed by atoms with E-state index in [1.54, 1.807) is 18.2 Å². The van der Waals surface area contributed by atoms with Crippen molar-refractivity contribution in [2.24, 2.45) is 0 Å². The topological polar surface area (TPSA) is 113 Å². The second kappa shape index (κ2) is 7.76. The number of benzene rings is 1. The molecule has 7 nitrogen and oxygen atoms in total. The maximum absolute atomic E-state index is 12.1. The largest absolute Gasteiger partial charge is 0.481 e. The number of carboxylic acids is 1. The van der Waals surface area contributed by atoms with Crippen LogP contribution in [-0.2, 0) is 19.6 Å². The van der Waals surface area contributed by atoms with Crippen LogP contribution in [0, 0.1) is 0 Å². The van der Waals surface area contributed by atoms with E-state index in [2.05, 4.69) is 10.0 Å². The van der Waals surface area contributed by atoms with Crippen molar-refractivity contribution in [3.8, 4) is 0 Å². The summed E-state index contributed by atoms with van der Waals surface area (Å²) in [5.41, 5.74) is -0.693. The molecule has 1 saturated carbocycles. The van der Waals surface area contributed by atoms with Crippen molar-refractivity contribution in [1.29, 1.82) is 0 Å². The Bertz CT molecular complexity index is 682. The molecule has 1 aromatic carbocycles. The minimum atomic E-state index is -3.64.